The molecule has 0 fully saturated rings. The van der Waals surface area contributed by atoms with Crippen molar-refractivity contribution in [3.63, 3.8) is 0 Å². The Bertz CT molecular complexity index is 202. The van der Waals surface area contributed by atoms with E-state index in [1.807, 2.05) is 34.7 Å². The quantitative estimate of drug-likeness (QED) is 0.422. The molecule has 0 aromatic heterocycles. The van der Waals surface area contributed by atoms with E-state index in [1.165, 1.54) is 0 Å². The molecular weight excluding hydrogens is 300 g/mol. The van der Waals surface area contributed by atoms with Gasteiger partial charge >= 0.3 is 0 Å². The summed E-state index contributed by atoms with van der Waals surface area (Å²) in [4.78, 5) is 9.34. The van der Waals surface area contributed by atoms with Gasteiger partial charge in [0.2, 0.25) is 0 Å². The van der Waals surface area contributed by atoms with Crippen molar-refractivity contribution in [3.8, 4) is 0 Å². The van der Waals surface area contributed by atoms with Crippen LogP contribution >= 0.6 is 0 Å². The first-order chi connectivity index (χ1) is 11.3. The van der Waals surface area contributed by atoms with Crippen molar-refractivity contribution in [2.45, 2.75) is 27.7 Å². The molecule has 0 bridgehead atoms. The summed E-state index contributed by atoms with van der Waals surface area (Å²) < 4.78 is 0. The maximum atomic E-state index is 5.61. The number of hydrogen-bond donors (Lipinski definition) is 1. The number of nitrogens with two attached hydrogens (primary N) is 1. The van der Waals surface area contributed by atoms with Crippen LogP contribution in [0.15, 0.2) is 0 Å². The normalized spacial score (nSPS) is 11.0. The molecule has 0 aliphatic heterocycles. The molecule has 0 aromatic carbocycles. The number of hydrogen-bond acceptors (Lipinski definition) is 6. The van der Waals surface area contributed by atoms with Crippen molar-refractivity contribution in [2.75, 3.05) is 94.6 Å². The lowest BCUT2D eigenvalue weighted by Crippen LogP contribution is -2.39. The van der Waals surface area contributed by atoms with Crippen molar-refractivity contribution in [1.29, 1.82) is 0 Å². The largest absolute Gasteiger partial charge is 0.308 e. The third-order valence-corrected chi connectivity index (χ3v) is 3.49. The molecule has 0 atom stereocenters. The molecule has 24 heavy (non-hydrogen) atoms. The van der Waals surface area contributed by atoms with Crippen molar-refractivity contribution in [3.05, 3.63) is 0 Å². The topological polar surface area (TPSA) is 42.2 Å². The maximum Gasteiger partial charge on any atom is 0.0253 e. The Morgan fingerprint density at radius 3 is 0.958 bits per heavy atom. The molecule has 0 aliphatic rings. The number of nitrogens with zero attached hydrogens (tertiary/aromatic N) is 5. The minimum atomic E-state index is 0.910. The van der Waals surface area contributed by atoms with E-state index in [9.17, 15) is 0 Å². The van der Waals surface area contributed by atoms with Gasteiger partial charge in [0.25, 0.3) is 0 Å². The number of rotatable bonds is 12. The Balaban J connectivity index is -0.00000102. The smallest absolute Gasteiger partial charge is 0.0253 e. The lowest BCUT2D eigenvalue weighted by atomic mass is 10.4. The van der Waals surface area contributed by atoms with Gasteiger partial charge in [-0.3, -0.25) is 5.84 Å². The summed E-state index contributed by atoms with van der Waals surface area (Å²) in [6.45, 7) is 16.6. The van der Waals surface area contributed by atoms with E-state index < -0.39 is 0 Å². The fourth-order valence-electron chi connectivity index (χ4n) is 1.72. The molecule has 0 unspecified atom stereocenters. The Morgan fingerprint density at radius 1 is 0.458 bits per heavy atom. The van der Waals surface area contributed by atoms with E-state index in [4.69, 9.17) is 5.84 Å². The van der Waals surface area contributed by atoms with E-state index in [2.05, 4.69) is 54.8 Å². The lowest BCUT2D eigenvalue weighted by Gasteiger charge is -2.25. The van der Waals surface area contributed by atoms with Crippen LogP contribution in [-0.4, -0.2) is 119 Å². The maximum absolute atomic E-state index is 5.61. The van der Waals surface area contributed by atoms with Crippen LogP contribution in [0, 0.1) is 0 Å². The summed E-state index contributed by atoms with van der Waals surface area (Å²) in [6, 6.07) is 0. The molecule has 0 amide bonds. The molecule has 0 spiro atoms. The van der Waals surface area contributed by atoms with Crippen molar-refractivity contribution in [1.82, 2.24) is 24.6 Å². The highest BCUT2D eigenvalue weighted by molar-refractivity contribution is 4.61. The number of hydrazine groups is 1. The summed E-state index contributed by atoms with van der Waals surface area (Å²) in [5, 5.41) is 1.74. The van der Waals surface area contributed by atoms with Crippen LogP contribution in [0.25, 0.3) is 0 Å². The zero-order valence-corrected chi connectivity index (χ0v) is 18.5. The first-order valence-corrected chi connectivity index (χ1v) is 9.47. The van der Waals surface area contributed by atoms with Crippen LogP contribution in [0.5, 0.6) is 0 Å². The van der Waals surface area contributed by atoms with E-state index in [-0.39, 0.29) is 0 Å². The Morgan fingerprint density at radius 2 is 0.708 bits per heavy atom. The zero-order valence-electron chi connectivity index (χ0n) is 18.5. The average molecular weight is 349 g/mol. The van der Waals surface area contributed by atoms with Crippen LogP contribution < -0.4 is 5.84 Å². The second kappa shape index (κ2) is 20.8. The fourth-order valence-corrected chi connectivity index (χ4v) is 1.72. The van der Waals surface area contributed by atoms with Crippen molar-refractivity contribution >= 4 is 0 Å². The second-order valence-electron chi connectivity index (χ2n) is 6.19. The molecule has 0 saturated carbocycles. The first-order valence-electron chi connectivity index (χ1n) is 9.47. The van der Waals surface area contributed by atoms with Crippen LogP contribution in [0.4, 0.5) is 0 Å². The summed E-state index contributed by atoms with van der Waals surface area (Å²) in [7, 11) is 12.7. The van der Waals surface area contributed by atoms with Crippen molar-refractivity contribution in [2.24, 2.45) is 5.84 Å². The highest BCUT2D eigenvalue weighted by Crippen LogP contribution is 1.90. The summed E-state index contributed by atoms with van der Waals surface area (Å²) in [5.41, 5.74) is 0. The fraction of sp³-hybridized carbons (Fsp3) is 1.00. The van der Waals surface area contributed by atoms with Crippen LogP contribution in [0.1, 0.15) is 27.7 Å². The third-order valence-electron chi connectivity index (χ3n) is 3.49. The molecule has 6 nitrogen and oxygen atoms in total. The molecule has 0 aromatic rings. The van der Waals surface area contributed by atoms with E-state index in [1.54, 1.807) is 5.01 Å². The van der Waals surface area contributed by atoms with Gasteiger partial charge in [-0.15, -0.1) is 0 Å². The molecule has 0 radical (unpaired) electrons. The van der Waals surface area contributed by atoms with E-state index >= 15 is 0 Å². The highest BCUT2D eigenvalue weighted by atomic mass is 15.4. The Kier molecular flexibility index (Phi) is 24.8. The van der Waals surface area contributed by atoms with Gasteiger partial charge in [0.15, 0.2) is 0 Å². The molecule has 150 valence electrons. The minimum absolute atomic E-state index is 0.910. The molecule has 0 aliphatic carbocycles. The van der Waals surface area contributed by atoms with Gasteiger partial charge in [0.1, 0.15) is 0 Å². The van der Waals surface area contributed by atoms with Gasteiger partial charge in [0, 0.05) is 59.4 Å². The molecule has 0 heterocycles. The van der Waals surface area contributed by atoms with Gasteiger partial charge in [-0.1, -0.05) is 27.7 Å². The van der Waals surface area contributed by atoms with Crippen molar-refractivity contribution < 1.29 is 0 Å². The monoisotopic (exact) mass is 348 g/mol. The number of likely N-dealkylation sites (N-methyl/N-ethyl adjacent to an activating group) is 5. The van der Waals surface area contributed by atoms with Gasteiger partial charge < -0.3 is 19.6 Å². The molecule has 0 rings (SSSR count). The minimum Gasteiger partial charge on any atom is -0.308 e. The highest BCUT2D eigenvalue weighted by Gasteiger charge is 2.05. The third kappa shape index (κ3) is 24.0. The molecular formula is C18H48N6. The first kappa shape index (κ1) is 28.6. The van der Waals surface area contributed by atoms with Gasteiger partial charge in [-0.25, -0.2) is 5.01 Å². The van der Waals surface area contributed by atoms with Gasteiger partial charge in [-0.2, -0.15) is 0 Å². The zero-order chi connectivity index (χ0) is 19.5. The van der Waals surface area contributed by atoms with E-state index in [0.29, 0.717) is 0 Å². The van der Waals surface area contributed by atoms with Crippen LogP contribution in [0.2, 0.25) is 0 Å². The predicted molar refractivity (Wildman–Crippen MR) is 111 cm³/mol. The summed E-state index contributed by atoms with van der Waals surface area (Å²) in [5.74, 6) is 5.61. The molecule has 6 heteroatoms. The SMILES string of the molecule is CC.CC.CN(C)CCN(C)CCN(C)CCN(C)CCN(C)N. The summed E-state index contributed by atoms with van der Waals surface area (Å²) in [6.07, 6.45) is 0. The van der Waals surface area contributed by atoms with Gasteiger partial charge in [-0.05, 0) is 35.2 Å². The lowest BCUT2D eigenvalue weighted by molar-refractivity contribution is 0.206. The van der Waals surface area contributed by atoms with Crippen LogP contribution in [-0.2, 0) is 0 Å². The summed E-state index contributed by atoms with van der Waals surface area (Å²) >= 11 is 0. The standard InChI is InChI=1S/C14H36N6.2C2H6/c1-16(2)7-8-17(3)9-10-18(4)11-12-19(5)13-14-20(6)15;2*1-2/h7-15H2,1-6H3;2*1-2H3. The van der Waals surface area contributed by atoms with E-state index in [0.717, 1.165) is 52.4 Å². The predicted octanol–water partition coefficient (Wildman–Crippen LogP) is 1.20. The second-order valence-corrected chi connectivity index (χ2v) is 6.19. The van der Waals surface area contributed by atoms with Crippen LogP contribution in [0.3, 0.4) is 0 Å². The molecule has 0 saturated heterocycles. The Labute approximate surface area is 153 Å². The average Bonchev–Trinajstić information content (AvgIpc) is 2.57. The van der Waals surface area contributed by atoms with Gasteiger partial charge in [0.05, 0.1) is 0 Å². The molecule has 2 N–H and O–H groups in total. The Hall–Kier alpha value is -0.240.